The van der Waals surface area contributed by atoms with Gasteiger partial charge in [0.2, 0.25) is 0 Å². The Kier molecular flexibility index (Phi) is 4.27. The number of hydrogen-bond donors (Lipinski definition) is 2. The zero-order valence-electron chi connectivity index (χ0n) is 10.6. The Morgan fingerprint density at radius 3 is 1.80 bits per heavy atom. The Morgan fingerprint density at radius 2 is 1.40 bits per heavy atom. The molecule has 0 heterocycles. The fraction of sp³-hybridized carbons (Fsp3) is 0.0667. The van der Waals surface area contributed by atoms with E-state index in [-0.39, 0.29) is 18.0 Å². The minimum Gasteiger partial charge on any atom is -0.508 e. The summed E-state index contributed by atoms with van der Waals surface area (Å²) in [7, 11) is 0. The number of azide groups is 1. The highest BCUT2D eigenvalue weighted by atomic mass is 16.3. The van der Waals surface area contributed by atoms with Crippen molar-refractivity contribution in [2.24, 2.45) is 5.11 Å². The molecule has 0 bridgehead atoms. The maximum absolute atomic E-state index is 9.34. The van der Waals surface area contributed by atoms with Crippen LogP contribution in [0.4, 0.5) is 0 Å². The molecule has 2 aromatic rings. The van der Waals surface area contributed by atoms with E-state index in [1.165, 1.54) is 0 Å². The first-order chi connectivity index (χ1) is 9.70. The van der Waals surface area contributed by atoms with Crippen molar-refractivity contribution in [3.8, 4) is 11.5 Å². The SMILES string of the molecule is [N-]=[N+]=NCC=C(c1ccc(O)cc1)c1ccc(O)cc1. The molecule has 0 atom stereocenters. The van der Waals surface area contributed by atoms with Gasteiger partial charge in [0.1, 0.15) is 11.5 Å². The fourth-order valence-electron chi connectivity index (χ4n) is 1.85. The maximum Gasteiger partial charge on any atom is 0.115 e. The van der Waals surface area contributed by atoms with Crippen molar-refractivity contribution in [2.75, 3.05) is 6.54 Å². The number of aromatic hydroxyl groups is 2. The molecule has 0 fully saturated rings. The standard InChI is InChI=1S/C15H13N3O2/c16-18-17-10-9-15(11-1-5-13(19)6-2-11)12-3-7-14(20)8-4-12/h1-9,19-20H,10H2. The first-order valence-corrected chi connectivity index (χ1v) is 6.00. The number of benzene rings is 2. The molecule has 2 rings (SSSR count). The number of nitrogens with zero attached hydrogens (tertiary/aromatic N) is 3. The predicted octanol–water partition coefficient (Wildman–Crippen LogP) is 3.84. The first kappa shape index (κ1) is 13.5. The van der Waals surface area contributed by atoms with Gasteiger partial charge in [0.25, 0.3) is 0 Å². The molecule has 0 unspecified atom stereocenters. The molecule has 5 nitrogen and oxygen atoms in total. The van der Waals surface area contributed by atoms with Crippen LogP contribution in [0.5, 0.6) is 11.5 Å². The van der Waals surface area contributed by atoms with Gasteiger partial charge in [-0.15, -0.1) is 0 Å². The fourth-order valence-corrected chi connectivity index (χ4v) is 1.85. The molecule has 0 radical (unpaired) electrons. The lowest BCUT2D eigenvalue weighted by Gasteiger charge is -2.08. The molecule has 0 amide bonds. The highest BCUT2D eigenvalue weighted by Gasteiger charge is 2.05. The number of hydrogen-bond acceptors (Lipinski definition) is 3. The van der Waals surface area contributed by atoms with Gasteiger partial charge in [-0.25, -0.2) is 0 Å². The van der Waals surface area contributed by atoms with Crippen molar-refractivity contribution in [3.05, 3.63) is 76.2 Å². The van der Waals surface area contributed by atoms with E-state index in [9.17, 15) is 10.2 Å². The van der Waals surface area contributed by atoms with Crippen molar-refractivity contribution in [1.29, 1.82) is 0 Å². The van der Waals surface area contributed by atoms with Gasteiger partial charge < -0.3 is 10.2 Å². The third-order valence-corrected chi connectivity index (χ3v) is 2.80. The van der Waals surface area contributed by atoms with Crippen LogP contribution in [0.1, 0.15) is 11.1 Å². The van der Waals surface area contributed by atoms with E-state index >= 15 is 0 Å². The van der Waals surface area contributed by atoms with Crippen molar-refractivity contribution < 1.29 is 10.2 Å². The van der Waals surface area contributed by atoms with Gasteiger partial charge in [-0.2, -0.15) is 0 Å². The molecule has 100 valence electrons. The average molecular weight is 267 g/mol. The Hall–Kier alpha value is -2.91. The van der Waals surface area contributed by atoms with Gasteiger partial charge in [0, 0.05) is 11.5 Å². The van der Waals surface area contributed by atoms with Crippen molar-refractivity contribution >= 4 is 5.57 Å². The lowest BCUT2D eigenvalue weighted by molar-refractivity contribution is 0.475. The molecule has 20 heavy (non-hydrogen) atoms. The van der Waals surface area contributed by atoms with E-state index < -0.39 is 0 Å². The van der Waals surface area contributed by atoms with Gasteiger partial charge in [-0.1, -0.05) is 35.5 Å². The summed E-state index contributed by atoms with van der Waals surface area (Å²) in [6.45, 7) is 0.230. The quantitative estimate of drug-likeness (QED) is 0.500. The minimum atomic E-state index is 0.189. The summed E-state index contributed by atoms with van der Waals surface area (Å²) in [5, 5.41) is 22.2. The summed E-state index contributed by atoms with van der Waals surface area (Å²) in [5.41, 5.74) is 11.0. The topological polar surface area (TPSA) is 89.2 Å². The van der Waals surface area contributed by atoms with Crippen LogP contribution in [0.25, 0.3) is 16.0 Å². The Bertz CT molecular complexity index is 607. The van der Waals surface area contributed by atoms with Crippen LogP contribution in [-0.2, 0) is 0 Å². The zero-order chi connectivity index (χ0) is 14.4. The van der Waals surface area contributed by atoms with E-state index in [2.05, 4.69) is 10.0 Å². The summed E-state index contributed by atoms with van der Waals surface area (Å²) in [6, 6.07) is 13.5. The van der Waals surface area contributed by atoms with E-state index in [1.54, 1.807) is 54.6 Å². The number of phenolic OH excluding ortho intramolecular Hbond substituents is 2. The summed E-state index contributed by atoms with van der Waals surface area (Å²) in [6.07, 6.45) is 1.80. The van der Waals surface area contributed by atoms with Crippen LogP contribution < -0.4 is 0 Å². The van der Waals surface area contributed by atoms with E-state index in [0.717, 1.165) is 16.7 Å². The molecule has 2 aromatic carbocycles. The van der Waals surface area contributed by atoms with Gasteiger partial charge >= 0.3 is 0 Å². The second-order valence-corrected chi connectivity index (χ2v) is 4.12. The normalized spacial score (nSPS) is 9.60. The van der Waals surface area contributed by atoms with Gasteiger partial charge in [0.15, 0.2) is 0 Å². The molecule has 0 aliphatic heterocycles. The van der Waals surface area contributed by atoms with Crippen LogP contribution >= 0.6 is 0 Å². The molecule has 0 aliphatic rings. The van der Waals surface area contributed by atoms with E-state index in [4.69, 9.17) is 5.53 Å². The van der Waals surface area contributed by atoms with Crippen LogP contribution in [0.2, 0.25) is 0 Å². The summed E-state index contributed by atoms with van der Waals surface area (Å²) in [5.74, 6) is 0.378. The Labute approximate surface area is 116 Å². The predicted molar refractivity (Wildman–Crippen MR) is 77.3 cm³/mol. The largest absolute Gasteiger partial charge is 0.508 e. The molecular formula is C15H13N3O2. The summed E-state index contributed by atoms with van der Waals surface area (Å²) >= 11 is 0. The average Bonchev–Trinajstić information content (AvgIpc) is 2.46. The van der Waals surface area contributed by atoms with Crippen molar-refractivity contribution in [3.63, 3.8) is 0 Å². The molecule has 2 N–H and O–H groups in total. The lowest BCUT2D eigenvalue weighted by atomic mass is 9.97. The number of rotatable bonds is 4. The first-order valence-electron chi connectivity index (χ1n) is 6.00. The smallest absolute Gasteiger partial charge is 0.115 e. The van der Waals surface area contributed by atoms with Gasteiger partial charge in [-0.05, 0) is 46.5 Å². The van der Waals surface area contributed by atoms with Crippen molar-refractivity contribution in [1.82, 2.24) is 0 Å². The molecule has 5 heteroatoms. The third kappa shape index (κ3) is 3.31. The van der Waals surface area contributed by atoms with Gasteiger partial charge in [0.05, 0.1) is 0 Å². The Balaban J connectivity index is 2.43. The van der Waals surface area contributed by atoms with Crippen LogP contribution in [0, 0.1) is 0 Å². The Morgan fingerprint density at radius 1 is 0.950 bits per heavy atom. The molecule has 0 saturated heterocycles. The van der Waals surface area contributed by atoms with E-state index in [0.29, 0.717) is 0 Å². The molecule has 0 spiro atoms. The lowest BCUT2D eigenvalue weighted by Crippen LogP contribution is -1.89. The van der Waals surface area contributed by atoms with Crippen molar-refractivity contribution in [2.45, 2.75) is 0 Å². The monoisotopic (exact) mass is 267 g/mol. The summed E-state index contributed by atoms with van der Waals surface area (Å²) < 4.78 is 0. The second kappa shape index (κ2) is 6.31. The van der Waals surface area contributed by atoms with Gasteiger partial charge in [-0.3, -0.25) is 0 Å². The molecule has 0 aliphatic carbocycles. The number of phenols is 2. The molecule has 0 aromatic heterocycles. The molecular weight excluding hydrogens is 254 g/mol. The van der Waals surface area contributed by atoms with Crippen LogP contribution in [0.3, 0.4) is 0 Å². The maximum atomic E-state index is 9.34. The van der Waals surface area contributed by atoms with Crippen LogP contribution in [0.15, 0.2) is 59.7 Å². The third-order valence-electron chi connectivity index (χ3n) is 2.80. The second-order valence-electron chi connectivity index (χ2n) is 4.12. The highest BCUT2D eigenvalue weighted by Crippen LogP contribution is 2.26. The zero-order valence-corrected chi connectivity index (χ0v) is 10.6. The van der Waals surface area contributed by atoms with E-state index in [1.807, 2.05) is 0 Å². The minimum absolute atomic E-state index is 0.189. The van der Waals surface area contributed by atoms with Crippen LogP contribution in [-0.4, -0.2) is 16.8 Å². The highest BCUT2D eigenvalue weighted by molar-refractivity contribution is 5.80. The molecule has 0 saturated carbocycles. The summed E-state index contributed by atoms with van der Waals surface area (Å²) in [4.78, 5) is 2.72.